The van der Waals surface area contributed by atoms with Gasteiger partial charge in [0.1, 0.15) is 6.10 Å². The van der Waals surface area contributed by atoms with Crippen molar-refractivity contribution in [3.63, 3.8) is 0 Å². The predicted octanol–water partition coefficient (Wildman–Crippen LogP) is 2.95. The zero-order valence-corrected chi connectivity index (χ0v) is 12.2. The first kappa shape index (κ1) is 13.2. The summed E-state index contributed by atoms with van der Waals surface area (Å²) in [5.41, 5.74) is 2.12. The molecule has 0 bridgehead atoms. The van der Waals surface area contributed by atoms with E-state index in [1.165, 1.54) is 0 Å². The third-order valence-electron chi connectivity index (χ3n) is 3.60. The fraction of sp³-hybridized carbons (Fsp3) is 0.533. The molecule has 1 aliphatic rings. The Morgan fingerprint density at radius 1 is 1.40 bits per heavy atom. The van der Waals surface area contributed by atoms with E-state index in [1.54, 1.807) is 6.20 Å². The van der Waals surface area contributed by atoms with E-state index in [0.717, 1.165) is 42.3 Å². The molecule has 1 atom stereocenters. The summed E-state index contributed by atoms with van der Waals surface area (Å²) in [6.07, 6.45) is 5.80. The van der Waals surface area contributed by atoms with Gasteiger partial charge in [-0.05, 0) is 31.4 Å². The first-order valence-electron chi connectivity index (χ1n) is 7.16. The smallest absolute Gasteiger partial charge is 0.161 e. The van der Waals surface area contributed by atoms with Crippen molar-refractivity contribution >= 4 is 0 Å². The van der Waals surface area contributed by atoms with Crippen LogP contribution in [-0.4, -0.2) is 26.4 Å². The molecule has 106 valence electrons. The lowest BCUT2D eigenvalue weighted by Gasteiger charge is -2.12. The first-order valence-corrected chi connectivity index (χ1v) is 7.16. The highest BCUT2D eigenvalue weighted by Gasteiger charge is 2.26. The number of rotatable bonds is 3. The Morgan fingerprint density at radius 3 is 2.90 bits per heavy atom. The fourth-order valence-corrected chi connectivity index (χ4v) is 2.46. The summed E-state index contributed by atoms with van der Waals surface area (Å²) >= 11 is 0. The summed E-state index contributed by atoms with van der Waals surface area (Å²) < 4.78 is 7.73. The minimum atomic E-state index is 0.0579. The fourth-order valence-electron chi connectivity index (χ4n) is 2.46. The normalized spacial score (nSPS) is 18.9. The third-order valence-corrected chi connectivity index (χ3v) is 3.60. The molecule has 0 amide bonds. The predicted molar refractivity (Wildman–Crippen MR) is 75.9 cm³/mol. The molecule has 1 saturated heterocycles. The molecule has 0 aromatic carbocycles. The van der Waals surface area contributed by atoms with Crippen LogP contribution in [0.4, 0.5) is 0 Å². The number of hydrogen-bond donors (Lipinski definition) is 0. The number of aryl methyl sites for hydroxylation is 1. The Labute approximate surface area is 119 Å². The van der Waals surface area contributed by atoms with Gasteiger partial charge in [-0.3, -0.25) is 4.98 Å². The Bertz CT molecular complexity index is 600. The van der Waals surface area contributed by atoms with E-state index in [9.17, 15) is 0 Å². The Morgan fingerprint density at radius 2 is 2.25 bits per heavy atom. The van der Waals surface area contributed by atoms with Gasteiger partial charge in [0.25, 0.3) is 0 Å². The van der Waals surface area contributed by atoms with Crippen molar-refractivity contribution in [1.29, 1.82) is 0 Å². The van der Waals surface area contributed by atoms with E-state index >= 15 is 0 Å². The van der Waals surface area contributed by atoms with Crippen LogP contribution in [-0.2, 0) is 4.74 Å². The van der Waals surface area contributed by atoms with E-state index in [4.69, 9.17) is 9.72 Å². The van der Waals surface area contributed by atoms with Crippen LogP contribution in [0.15, 0.2) is 18.5 Å². The van der Waals surface area contributed by atoms with E-state index in [2.05, 4.69) is 23.9 Å². The van der Waals surface area contributed by atoms with Gasteiger partial charge in [0, 0.05) is 24.9 Å². The van der Waals surface area contributed by atoms with Crippen molar-refractivity contribution in [3.05, 3.63) is 35.7 Å². The average Bonchev–Trinajstić information content (AvgIpc) is 3.08. The van der Waals surface area contributed by atoms with Crippen molar-refractivity contribution in [1.82, 2.24) is 19.7 Å². The quantitative estimate of drug-likeness (QED) is 0.862. The zero-order valence-electron chi connectivity index (χ0n) is 12.2. The van der Waals surface area contributed by atoms with Gasteiger partial charge in [-0.2, -0.15) is 5.10 Å². The van der Waals surface area contributed by atoms with E-state index in [-0.39, 0.29) is 6.10 Å². The number of nitrogens with zero attached hydrogens (tertiary/aromatic N) is 4. The van der Waals surface area contributed by atoms with Gasteiger partial charge in [0.15, 0.2) is 11.6 Å². The SMILES string of the molecule is Cc1cnccc1-n1nc(C(C)C)nc1[C@@H]1CCCO1. The Kier molecular flexibility index (Phi) is 3.53. The molecular formula is C15H20N4O. The highest BCUT2D eigenvalue weighted by atomic mass is 16.5. The molecular weight excluding hydrogens is 252 g/mol. The topological polar surface area (TPSA) is 52.8 Å². The second kappa shape index (κ2) is 5.32. The lowest BCUT2D eigenvalue weighted by molar-refractivity contribution is 0.103. The second-order valence-corrected chi connectivity index (χ2v) is 5.56. The highest BCUT2D eigenvalue weighted by molar-refractivity contribution is 5.38. The van der Waals surface area contributed by atoms with Crippen LogP contribution in [0.2, 0.25) is 0 Å². The summed E-state index contributed by atoms with van der Waals surface area (Å²) in [4.78, 5) is 8.86. The number of aromatic nitrogens is 4. The summed E-state index contributed by atoms with van der Waals surface area (Å²) in [6, 6.07) is 1.98. The standard InChI is InChI=1S/C15H20N4O/c1-10(2)14-17-15(13-5-4-8-20-13)19(18-14)12-6-7-16-9-11(12)3/h6-7,9-10,13H,4-5,8H2,1-3H3/t13-/m0/s1. The number of ether oxygens (including phenoxy) is 1. The van der Waals surface area contributed by atoms with Crippen LogP contribution < -0.4 is 0 Å². The maximum Gasteiger partial charge on any atom is 0.161 e. The van der Waals surface area contributed by atoms with Crippen molar-refractivity contribution in [2.45, 2.75) is 45.6 Å². The maximum absolute atomic E-state index is 5.80. The van der Waals surface area contributed by atoms with Crippen LogP contribution in [0.5, 0.6) is 0 Å². The van der Waals surface area contributed by atoms with Crippen molar-refractivity contribution in [2.75, 3.05) is 6.61 Å². The molecule has 5 heteroatoms. The summed E-state index contributed by atoms with van der Waals surface area (Å²) in [5.74, 6) is 2.09. The zero-order chi connectivity index (χ0) is 14.1. The van der Waals surface area contributed by atoms with E-state index in [0.29, 0.717) is 5.92 Å². The van der Waals surface area contributed by atoms with Gasteiger partial charge in [0.05, 0.1) is 5.69 Å². The maximum atomic E-state index is 5.80. The molecule has 3 heterocycles. The third kappa shape index (κ3) is 2.33. The minimum Gasteiger partial charge on any atom is -0.370 e. The Balaban J connectivity index is 2.10. The van der Waals surface area contributed by atoms with Crippen LogP contribution >= 0.6 is 0 Å². The average molecular weight is 272 g/mol. The molecule has 0 unspecified atom stereocenters. The molecule has 0 radical (unpaired) electrons. The largest absolute Gasteiger partial charge is 0.370 e. The van der Waals surface area contributed by atoms with Gasteiger partial charge in [-0.15, -0.1) is 0 Å². The van der Waals surface area contributed by atoms with Crippen LogP contribution in [0.25, 0.3) is 5.69 Å². The van der Waals surface area contributed by atoms with Crippen LogP contribution in [0.1, 0.15) is 55.9 Å². The molecule has 3 rings (SSSR count). The number of pyridine rings is 1. The van der Waals surface area contributed by atoms with Gasteiger partial charge < -0.3 is 4.74 Å². The lowest BCUT2D eigenvalue weighted by atomic mass is 10.2. The molecule has 2 aromatic rings. The monoisotopic (exact) mass is 272 g/mol. The molecule has 0 saturated carbocycles. The summed E-state index contributed by atoms with van der Waals surface area (Å²) in [6.45, 7) is 7.07. The minimum absolute atomic E-state index is 0.0579. The van der Waals surface area contributed by atoms with Crippen molar-refractivity contribution in [2.24, 2.45) is 0 Å². The van der Waals surface area contributed by atoms with Gasteiger partial charge in [-0.1, -0.05) is 13.8 Å². The molecule has 2 aromatic heterocycles. The van der Waals surface area contributed by atoms with Crippen molar-refractivity contribution in [3.8, 4) is 5.69 Å². The first-order chi connectivity index (χ1) is 9.66. The van der Waals surface area contributed by atoms with Gasteiger partial charge >= 0.3 is 0 Å². The van der Waals surface area contributed by atoms with Gasteiger partial charge in [-0.25, -0.2) is 9.67 Å². The van der Waals surface area contributed by atoms with Crippen molar-refractivity contribution < 1.29 is 4.74 Å². The van der Waals surface area contributed by atoms with Crippen LogP contribution in [0.3, 0.4) is 0 Å². The molecule has 0 spiro atoms. The molecule has 0 N–H and O–H groups in total. The lowest BCUT2D eigenvalue weighted by Crippen LogP contribution is -2.09. The molecule has 0 aliphatic carbocycles. The highest BCUT2D eigenvalue weighted by Crippen LogP contribution is 2.30. The van der Waals surface area contributed by atoms with E-state index in [1.807, 2.05) is 23.9 Å². The van der Waals surface area contributed by atoms with E-state index < -0.39 is 0 Å². The summed E-state index contributed by atoms with van der Waals surface area (Å²) in [5, 5.41) is 4.68. The number of hydrogen-bond acceptors (Lipinski definition) is 4. The molecule has 5 nitrogen and oxygen atoms in total. The summed E-state index contributed by atoms with van der Waals surface area (Å²) in [7, 11) is 0. The molecule has 1 aliphatic heterocycles. The van der Waals surface area contributed by atoms with Crippen LogP contribution in [0, 0.1) is 6.92 Å². The Hall–Kier alpha value is -1.75. The molecule has 20 heavy (non-hydrogen) atoms. The van der Waals surface area contributed by atoms with Gasteiger partial charge in [0.2, 0.25) is 0 Å². The second-order valence-electron chi connectivity index (χ2n) is 5.56. The molecule has 1 fully saturated rings.